The van der Waals surface area contributed by atoms with Crippen molar-refractivity contribution in [1.82, 2.24) is 0 Å². The molecule has 5 heteroatoms. The van der Waals surface area contributed by atoms with Crippen LogP contribution in [0.3, 0.4) is 0 Å². The van der Waals surface area contributed by atoms with Gasteiger partial charge in [0, 0.05) is 18.3 Å². The summed E-state index contributed by atoms with van der Waals surface area (Å²) < 4.78 is 13.0. The largest absolute Gasteiger partial charge is 0.459 e. The van der Waals surface area contributed by atoms with Crippen LogP contribution in [0.2, 0.25) is 0 Å². The SMILES string of the molecule is CC(=O)OC(C(C)C(C)C(C)(C)O)C1(C)OC12CCC1C3CCC4CC(O)CCC4(C)C3CCC12C. The van der Waals surface area contributed by atoms with Crippen LogP contribution in [-0.4, -0.2) is 45.2 Å². The van der Waals surface area contributed by atoms with Gasteiger partial charge in [0.1, 0.15) is 17.3 Å². The van der Waals surface area contributed by atoms with Gasteiger partial charge in [-0.25, -0.2) is 0 Å². The fourth-order valence-electron chi connectivity index (χ4n) is 10.6. The molecule has 1 aliphatic heterocycles. The summed E-state index contributed by atoms with van der Waals surface area (Å²) in [6, 6.07) is 0. The van der Waals surface area contributed by atoms with Crippen LogP contribution in [0.25, 0.3) is 0 Å². The first-order valence-electron chi connectivity index (χ1n) is 14.9. The van der Waals surface area contributed by atoms with Crippen LogP contribution in [0, 0.1) is 46.3 Å². The second-order valence-electron chi connectivity index (χ2n) is 14.9. The van der Waals surface area contributed by atoms with Crippen molar-refractivity contribution in [2.24, 2.45) is 46.3 Å². The molecule has 5 fully saturated rings. The molecule has 5 rings (SSSR count). The Hall–Kier alpha value is -0.650. The van der Waals surface area contributed by atoms with Crippen LogP contribution in [-0.2, 0) is 14.3 Å². The highest BCUT2D eigenvalue weighted by molar-refractivity contribution is 5.66. The van der Waals surface area contributed by atoms with Gasteiger partial charge >= 0.3 is 5.97 Å². The van der Waals surface area contributed by atoms with Crippen LogP contribution in [0.5, 0.6) is 0 Å². The molecular weight excluding hydrogens is 452 g/mol. The molecular formula is C31H52O5. The van der Waals surface area contributed by atoms with Gasteiger partial charge in [-0.3, -0.25) is 4.79 Å². The molecule has 1 heterocycles. The third-order valence-corrected chi connectivity index (χ3v) is 13.1. The summed E-state index contributed by atoms with van der Waals surface area (Å²) in [6.45, 7) is 16.6. The fourth-order valence-corrected chi connectivity index (χ4v) is 10.6. The van der Waals surface area contributed by atoms with Crippen LogP contribution < -0.4 is 0 Å². The van der Waals surface area contributed by atoms with Gasteiger partial charge in [0.15, 0.2) is 0 Å². The molecule has 206 valence electrons. The van der Waals surface area contributed by atoms with Gasteiger partial charge < -0.3 is 19.7 Å². The Bertz CT molecular complexity index is 881. The Labute approximate surface area is 219 Å². The van der Waals surface area contributed by atoms with Gasteiger partial charge in [0.05, 0.1) is 11.7 Å². The van der Waals surface area contributed by atoms with Gasteiger partial charge in [-0.2, -0.15) is 0 Å². The van der Waals surface area contributed by atoms with E-state index in [9.17, 15) is 15.0 Å². The monoisotopic (exact) mass is 504 g/mol. The maximum absolute atomic E-state index is 12.3. The van der Waals surface area contributed by atoms with Crippen LogP contribution in [0.1, 0.15) is 113 Å². The van der Waals surface area contributed by atoms with Gasteiger partial charge in [0.2, 0.25) is 0 Å². The van der Waals surface area contributed by atoms with Gasteiger partial charge in [-0.1, -0.05) is 27.7 Å². The Kier molecular flexibility index (Phi) is 6.30. The minimum Gasteiger partial charge on any atom is -0.459 e. The second kappa shape index (κ2) is 8.42. The average Bonchev–Trinajstić information content (AvgIpc) is 3.30. The van der Waals surface area contributed by atoms with E-state index < -0.39 is 11.2 Å². The fraction of sp³-hybridized carbons (Fsp3) is 0.968. The molecule has 1 saturated heterocycles. The van der Waals surface area contributed by atoms with E-state index in [1.807, 2.05) is 13.8 Å². The number of epoxide rings is 1. The second-order valence-corrected chi connectivity index (χ2v) is 14.9. The Balaban J connectivity index is 1.42. The summed E-state index contributed by atoms with van der Waals surface area (Å²) in [5.74, 6) is 2.45. The van der Waals surface area contributed by atoms with Crippen molar-refractivity contribution >= 4 is 5.97 Å². The van der Waals surface area contributed by atoms with Gasteiger partial charge in [-0.15, -0.1) is 0 Å². The number of hydrogen-bond acceptors (Lipinski definition) is 5. The number of hydrogen-bond donors (Lipinski definition) is 2. The zero-order chi connectivity index (χ0) is 26.5. The first kappa shape index (κ1) is 26.9. The molecule has 0 bridgehead atoms. The van der Waals surface area contributed by atoms with Crippen LogP contribution in [0.15, 0.2) is 0 Å². The Morgan fingerprint density at radius 3 is 2.31 bits per heavy atom. The third kappa shape index (κ3) is 3.61. The molecule has 0 amide bonds. The Morgan fingerprint density at radius 1 is 1.00 bits per heavy atom. The highest BCUT2D eigenvalue weighted by atomic mass is 16.7. The lowest BCUT2D eigenvalue weighted by molar-refractivity contribution is -0.157. The topological polar surface area (TPSA) is 79.3 Å². The summed E-state index contributed by atoms with van der Waals surface area (Å²) in [6.07, 6.45) is 9.83. The van der Waals surface area contributed by atoms with E-state index in [1.54, 1.807) is 0 Å². The molecule has 0 aromatic rings. The number of carbonyl (C=O) groups excluding carboxylic acids is 1. The number of aliphatic hydroxyl groups is 2. The van der Waals surface area contributed by atoms with E-state index in [0.717, 1.165) is 31.1 Å². The first-order chi connectivity index (χ1) is 16.6. The third-order valence-electron chi connectivity index (χ3n) is 13.1. The standard InChI is InChI=1S/C31H52O5/c1-18(19(2)27(4,5)34)26(35-20(3)32)30(8)31(36-30)16-13-25-23-10-9-21-17-22(33)11-14-28(21,6)24(23)12-15-29(25,31)7/h18-19,21-26,33-34H,9-17H2,1-8H3. The average molecular weight is 505 g/mol. The number of aliphatic hydroxyl groups excluding tert-OH is 1. The van der Waals surface area contributed by atoms with E-state index >= 15 is 0 Å². The van der Waals surface area contributed by atoms with Crippen LogP contribution in [0.4, 0.5) is 0 Å². The molecule has 0 radical (unpaired) electrons. The van der Waals surface area contributed by atoms with Crippen molar-refractivity contribution in [3.63, 3.8) is 0 Å². The Morgan fingerprint density at radius 2 is 1.67 bits per heavy atom. The van der Waals surface area contributed by atoms with Crippen molar-refractivity contribution in [1.29, 1.82) is 0 Å². The van der Waals surface area contributed by atoms with E-state index in [0.29, 0.717) is 17.3 Å². The molecule has 4 saturated carbocycles. The van der Waals surface area contributed by atoms with E-state index in [2.05, 4.69) is 34.6 Å². The van der Waals surface area contributed by atoms with Crippen molar-refractivity contribution in [2.75, 3.05) is 0 Å². The summed E-state index contributed by atoms with van der Waals surface area (Å²) in [7, 11) is 0. The molecule has 0 aromatic heterocycles. The number of carbonyl (C=O) groups is 1. The number of rotatable bonds is 5. The molecule has 36 heavy (non-hydrogen) atoms. The lowest BCUT2D eigenvalue weighted by Gasteiger charge is -2.61. The number of esters is 1. The summed E-state index contributed by atoms with van der Waals surface area (Å²) in [5.41, 5.74) is -1.20. The first-order valence-corrected chi connectivity index (χ1v) is 14.9. The quantitative estimate of drug-likeness (QED) is 0.360. The van der Waals surface area contributed by atoms with Crippen molar-refractivity contribution < 1.29 is 24.5 Å². The molecule has 1 spiro atoms. The maximum Gasteiger partial charge on any atom is 0.303 e. The minimum absolute atomic E-state index is 0.0275. The van der Waals surface area contributed by atoms with Gasteiger partial charge in [0.25, 0.3) is 0 Å². The predicted molar refractivity (Wildman–Crippen MR) is 140 cm³/mol. The molecule has 12 unspecified atom stereocenters. The molecule has 0 aromatic carbocycles. The predicted octanol–water partition coefficient (Wildman–Crippen LogP) is 5.89. The van der Waals surface area contributed by atoms with Crippen molar-refractivity contribution in [2.45, 2.75) is 142 Å². The molecule has 2 N–H and O–H groups in total. The maximum atomic E-state index is 12.3. The highest BCUT2D eigenvalue weighted by Gasteiger charge is 2.83. The van der Waals surface area contributed by atoms with Gasteiger partial charge in [-0.05, 0) is 114 Å². The smallest absolute Gasteiger partial charge is 0.303 e. The zero-order valence-electron chi connectivity index (χ0n) is 24.1. The molecule has 5 nitrogen and oxygen atoms in total. The molecule has 12 atom stereocenters. The van der Waals surface area contributed by atoms with E-state index in [4.69, 9.17) is 9.47 Å². The normalized spacial score (nSPS) is 50.4. The summed E-state index contributed by atoms with van der Waals surface area (Å²) >= 11 is 0. The minimum atomic E-state index is -0.863. The van der Waals surface area contributed by atoms with Crippen molar-refractivity contribution in [3.05, 3.63) is 0 Å². The van der Waals surface area contributed by atoms with Crippen molar-refractivity contribution in [3.8, 4) is 0 Å². The van der Waals surface area contributed by atoms with E-state index in [1.165, 1.54) is 45.4 Å². The lowest BCUT2D eigenvalue weighted by atomic mass is 9.44. The number of ether oxygens (including phenoxy) is 2. The van der Waals surface area contributed by atoms with Crippen LogP contribution >= 0.6 is 0 Å². The van der Waals surface area contributed by atoms with E-state index in [-0.39, 0.29) is 41.0 Å². The number of fused-ring (bicyclic) bond motifs is 6. The molecule has 4 aliphatic carbocycles. The summed E-state index contributed by atoms with van der Waals surface area (Å²) in [4.78, 5) is 12.3. The highest BCUT2D eigenvalue weighted by Crippen LogP contribution is 2.77. The zero-order valence-corrected chi connectivity index (χ0v) is 24.1. The summed E-state index contributed by atoms with van der Waals surface area (Å²) in [5, 5.41) is 21.2. The lowest BCUT2D eigenvalue weighted by Crippen LogP contribution is -2.57. The molecule has 5 aliphatic rings.